The summed E-state index contributed by atoms with van der Waals surface area (Å²) in [5.41, 5.74) is 3.37. The van der Waals surface area contributed by atoms with Crippen LogP contribution in [0.3, 0.4) is 0 Å². The number of rotatable bonds is 33. The van der Waals surface area contributed by atoms with E-state index in [4.69, 9.17) is 148 Å². The Morgan fingerprint density at radius 1 is 0.442 bits per heavy atom. The van der Waals surface area contributed by atoms with Crippen molar-refractivity contribution >= 4 is 112 Å². The molecule has 4 aromatic heterocycles. The summed E-state index contributed by atoms with van der Waals surface area (Å²) < 4.78 is 157. The molecule has 0 aromatic carbocycles. The molecule has 71 heteroatoms. The maximum absolute atomic E-state index is 11.3. The molecule has 704 valence electrons. The smallest absolute Gasteiger partial charge is 0.367 e. The zero-order chi connectivity index (χ0) is 94.5. The first-order valence-electron chi connectivity index (χ1n) is 33.8. The fourth-order valence-electron chi connectivity index (χ4n) is 10.1. The lowest BCUT2D eigenvalue weighted by atomic mass is 10.1. The van der Waals surface area contributed by atoms with Gasteiger partial charge in [-0.25, -0.2) is 9.97 Å². The van der Waals surface area contributed by atoms with Crippen LogP contribution in [0.2, 0.25) is 0 Å². The number of hydrogen-bond acceptors (Lipinski definition) is 27. The van der Waals surface area contributed by atoms with Gasteiger partial charge in [0.15, 0.2) is 0 Å². The van der Waals surface area contributed by atoms with Crippen LogP contribution in [0.25, 0.3) is 5.65 Å². The highest BCUT2D eigenvalue weighted by molar-refractivity contribution is 7.74. The van der Waals surface area contributed by atoms with Gasteiger partial charge in [0.25, 0.3) is 25.4 Å². The molecule has 120 heavy (non-hydrogen) atoms. The van der Waals surface area contributed by atoms with Crippen LogP contribution in [-0.4, -0.2) is 271 Å². The van der Waals surface area contributed by atoms with Gasteiger partial charge in [-0.15, -0.1) is 0 Å². The third-order valence-electron chi connectivity index (χ3n) is 17.1. The second-order valence-corrected chi connectivity index (χ2v) is 54.4. The Labute approximate surface area is 681 Å². The number of hydrogen-bond donors (Lipinski definition) is 37. The summed E-state index contributed by atoms with van der Waals surface area (Å²) in [7, 11) is -72.7. The maximum Gasteiger partial charge on any atom is 0.384 e. The van der Waals surface area contributed by atoms with Crippen LogP contribution in [0.15, 0.2) is 73.8 Å². The molecule has 0 atom stereocenters. The third kappa shape index (κ3) is 35.2. The molecule has 2 aliphatic rings. The minimum atomic E-state index is -5.48. The molecule has 38 N–H and O–H groups in total. The van der Waals surface area contributed by atoms with E-state index >= 15 is 0 Å². The summed E-state index contributed by atoms with van der Waals surface area (Å²) >= 11 is 0. The number of aromatic nitrogens is 5. The van der Waals surface area contributed by atoms with Crippen molar-refractivity contribution in [1.29, 1.82) is 0 Å². The van der Waals surface area contributed by atoms with Gasteiger partial charge in [-0.2, -0.15) is 0 Å². The van der Waals surface area contributed by atoms with E-state index < -0.39 is 187 Å². The number of imidazole rings is 2. The number of aliphatic hydroxyl groups is 6. The van der Waals surface area contributed by atoms with Gasteiger partial charge in [0.2, 0.25) is 5.52 Å². The summed E-state index contributed by atoms with van der Waals surface area (Å²) in [4.78, 5) is 261. The molecule has 6 rings (SSSR count). The highest BCUT2D eigenvalue weighted by atomic mass is 31.3. The van der Waals surface area contributed by atoms with E-state index in [-0.39, 0.29) is 23.8 Å². The van der Waals surface area contributed by atoms with Crippen LogP contribution in [0.5, 0.6) is 0 Å². The molecular formula is C49H105N9O48P14. The number of nitrogens with one attached hydrogen (secondary N) is 2. The number of pyridine rings is 2. The van der Waals surface area contributed by atoms with Gasteiger partial charge in [-0.1, -0.05) is 83.3 Å². The topological polar surface area (TPSA) is 1030 Å². The Balaban J connectivity index is 0.00000138. The zero-order valence-electron chi connectivity index (χ0n) is 62.9. The van der Waals surface area contributed by atoms with Crippen LogP contribution in [-0.2, 0) is 83.3 Å². The number of nitrogens with two attached hydrogens (primary N) is 1. The first-order chi connectivity index (χ1) is 53.5. The van der Waals surface area contributed by atoms with Crippen molar-refractivity contribution in [2.24, 2.45) is 5.73 Å². The number of fused-ring (bicyclic) bond motifs is 1. The standard InChI is InChI=1S/C9H12N2O7P2.C9H23NO7P2.C8H19NO7P2.C8H19NO6P2.C7H11NO7P2.C5H10N2O7P2.C3H11NO7P2/c12-9(19(13,14)15,20(16,17)18)5-7-6-10-8-3-1-2-4-11(7)8;1-3-4-5-7-10(2)8-6-9(11,18(12,13)14)19(15,16)17;10-8(17(11,12)13,18(14,15)16)9-7-5-3-1-2-4-6-7;10-16(11,12)8(17(13,14)15)9-7-5-3-1-2-4-6-7;9-7(16(10,11)12,17(13,14)15)4-6-2-1-3-8-5-6;8-5(15(9,10)11,16(12,13)14)3-7-2-1-6-4-7;4-2-1-3(5,12(6,7)8)13(9,10)11/h1-4,6,12H,5H2,(H2,13,14,15)(H2,16,17,18);11H,3-8H2,1-2H3,(H2,12,13,14)(H2,15,16,17);7,9-10H,1-6H2,(H2,11,12,13)(H2,14,15,16);7-9H,1-6H2,(H2,10,11,12)(H2,13,14,15);1-3,5,9H,4H2,(H2,10,11,12)(H2,13,14,15);1-2,4,8H,3H2,(H2,9,10,11)(H2,12,13,14);5H,1-2,4H2,(H2,6,7,8)(H2,9,10,11). The monoisotopic (exact) mass is 2020 g/mol. The van der Waals surface area contributed by atoms with E-state index in [0.29, 0.717) is 37.9 Å². The van der Waals surface area contributed by atoms with Gasteiger partial charge in [0.1, 0.15) is 5.65 Å². The minimum absolute atomic E-state index is 0.0174. The molecule has 0 aliphatic heterocycles. The number of unbranched alkanes of at least 4 members (excludes halogenated alkanes) is 2. The van der Waals surface area contributed by atoms with E-state index in [2.05, 4.69) is 25.6 Å². The maximum atomic E-state index is 11.3. The summed E-state index contributed by atoms with van der Waals surface area (Å²) in [6.07, 6.45) is 18.0. The Morgan fingerprint density at radius 2 is 0.833 bits per heavy atom. The van der Waals surface area contributed by atoms with Crippen molar-refractivity contribution in [1.82, 2.24) is 39.5 Å². The van der Waals surface area contributed by atoms with Gasteiger partial charge in [0, 0.05) is 87.2 Å². The van der Waals surface area contributed by atoms with E-state index in [1.807, 2.05) is 6.92 Å². The van der Waals surface area contributed by atoms with E-state index in [0.717, 1.165) is 87.7 Å². The van der Waals surface area contributed by atoms with Gasteiger partial charge < -0.3 is 187 Å². The Morgan fingerprint density at radius 3 is 1.17 bits per heavy atom. The Bertz CT molecular complexity index is 4400. The van der Waals surface area contributed by atoms with E-state index in [9.17, 15) is 89.4 Å². The fraction of sp³-hybridized carbons (Fsp3) is 0.694. The molecule has 0 radical (unpaired) electrons. The molecule has 2 fully saturated rings. The van der Waals surface area contributed by atoms with Gasteiger partial charge in [-0.3, -0.25) is 79.5 Å². The quantitative estimate of drug-likeness (QED) is 0.0111. The van der Waals surface area contributed by atoms with Crippen LogP contribution < -0.4 is 16.4 Å². The molecule has 0 spiro atoms. The highest BCUT2D eigenvalue weighted by Crippen LogP contribution is 2.73. The van der Waals surface area contributed by atoms with Crippen molar-refractivity contribution in [2.75, 3.05) is 26.7 Å². The van der Waals surface area contributed by atoms with E-state index in [1.54, 1.807) is 30.1 Å². The molecule has 57 nitrogen and oxygen atoms in total. The lowest BCUT2D eigenvalue weighted by Crippen LogP contribution is -2.49. The summed E-state index contributed by atoms with van der Waals surface area (Å²) in [6, 6.07) is 6.87. The minimum Gasteiger partial charge on any atom is -0.367 e. The molecule has 0 bridgehead atoms. The highest BCUT2D eigenvalue weighted by Gasteiger charge is 2.64. The fourth-order valence-corrected chi connectivity index (χ4v) is 25.2. The molecule has 2 saturated carbocycles. The van der Waals surface area contributed by atoms with Crippen molar-refractivity contribution < 1.29 is 232 Å². The molecule has 0 saturated heterocycles. The van der Waals surface area contributed by atoms with Crippen molar-refractivity contribution in [3.05, 3.63) is 85.1 Å². The molecule has 4 aromatic rings. The molecule has 2 aliphatic carbocycles. The largest absolute Gasteiger partial charge is 0.384 e. The predicted octanol–water partition coefficient (Wildman–Crippen LogP) is -1.58. The lowest BCUT2D eigenvalue weighted by molar-refractivity contribution is 0.0870. The van der Waals surface area contributed by atoms with Crippen molar-refractivity contribution in [3.8, 4) is 0 Å². The average Bonchev–Trinajstić information content (AvgIpc) is 1.40. The van der Waals surface area contributed by atoms with Crippen LogP contribution >= 0.6 is 106 Å². The zero-order valence-corrected chi connectivity index (χ0v) is 75.4. The second kappa shape index (κ2) is 46.5. The van der Waals surface area contributed by atoms with Gasteiger partial charge in [-0.05, 0) is 76.0 Å². The first kappa shape index (κ1) is 119. The van der Waals surface area contributed by atoms with Gasteiger partial charge in [0.05, 0.1) is 12.9 Å². The first-order valence-corrected chi connectivity index (χ1v) is 56.5. The van der Waals surface area contributed by atoms with Crippen molar-refractivity contribution in [2.45, 2.75) is 184 Å². The SMILES string of the molecule is CCCCCN(C)CCC(O)(P(=O)(O)O)P(=O)(O)O.NCCC(O)(P(=O)(O)O)P(=O)(O)O.O=P(O)(O)C(NC1CCCCCC1)P(=O)(O)O.O=P(O)(O)C(O)(Cc1cccnc1)P(=O)(O)O.O=P(O)(O)C(O)(Cc1cnc2ccccn12)P(=O)(O)O.O=P(O)(O)C(O)(Cn1ccnc1)P(=O)(O)O.O=P(O)(O)C(O)(NC1CCCCCC1)P(=O)(O)O. The normalized spacial score (nSPS) is 16.0. The molecule has 0 unspecified atom stereocenters. The number of nitrogens with zero attached hydrogens (tertiary/aromatic N) is 6. The summed E-state index contributed by atoms with van der Waals surface area (Å²) in [5.74, 6) is 0. The van der Waals surface area contributed by atoms with Crippen LogP contribution in [0.1, 0.15) is 127 Å². The Kier molecular flexibility index (Phi) is 46.0. The van der Waals surface area contributed by atoms with E-state index in [1.165, 1.54) is 47.5 Å². The summed E-state index contributed by atoms with van der Waals surface area (Å²) in [5, 5.41) is 41.3. The second-order valence-electron chi connectivity index (χ2n) is 26.7. The molecular weight excluding hydrogens is 1920 g/mol. The predicted molar refractivity (Wildman–Crippen MR) is 416 cm³/mol. The average molecular weight is 2020 g/mol. The Hall–Kier alpha value is -1.25. The van der Waals surface area contributed by atoms with Crippen molar-refractivity contribution in [3.63, 3.8) is 0 Å². The molecule has 4 heterocycles. The molecule has 0 amide bonds. The third-order valence-corrected chi connectivity index (χ3v) is 42.9. The van der Waals surface area contributed by atoms with Gasteiger partial charge >= 0.3 is 112 Å². The lowest BCUT2D eigenvalue weighted by Gasteiger charge is -2.33. The van der Waals surface area contributed by atoms with Crippen LogP contribution in [0, 0.1) is 0 Å². The van der Waals surface area contributed by atoms with Crippen LogP contribution in [0.4, 0.5) is 0 Å². The summed E-state index contributed by atoms with van der Waals surface area (Å²) in [6.45, 7) is 1.23.